The fourth-order valence-corrected chi connectivity index (χ4v) is 3.23. The Labute approximate surface area is 190 Å². The van der Waals surface area contributed by atoms with Gasteiger partial charge in [0.25, 0.3) is 0 Å². The summed E-state index contributed by atoms with van der Waals surface area (Å²) in [6.45, 7) is 3.96. The summed E-state index contributed by atoms with van der Waals surface area (Å²) in [6, 6.07) is 14.9. The normalized spacial score (nSPS) is 12.6. The van der Waals surface area contributed by atoms with E-state index < -0.39 is 30.0 Å². The summed E-state index contributed by atoms with van der Waals surface area (Å²) in [5, 5.41) is 5.27. The molecule has 0 unspecified atom stereocenters. The van der Waals surface area contributed by atoms with Crippen molar-refractivity contribution < 1.29 is 19.1 Å². The van der Waals surface area contributed by atoms with Gasteiger partial charge in [-0.3, -0.25) is 9.59 Å². The molecular formula is C23H28BrN3O4. The van der Waals surface area contributed by atoms with Crippen LogP contribution in [0.15, 0.2) is 59.1 Å². The molecule has 31 heavy (non-hydrogen) atoms. The average Bonchev–Trinajstić information content (AvgIpc) is 2.73. The summed E-state index contributed by atoms with van der Waals surface area (Å²) in [5.41, 5.74) is 7.19. The van der Waals surface area contributed by atoms with E-state index in [0.29, 0.717) is 6.42 Å². The van der Waals surface area contributed by atoms with E-state index in [2.05, 4.69) is 26.6 Å². The number of benzene rings is 2. The lowest BCUT2D eigenvalue weighted by atomic mass is 10.0. The lowest BCUT2D eigenvalue weighted by Crippen LogP contribution is -2.54. The van der Waals surface area contributed by atoms with Crippen LogP contribution in [0.2, 0.25) is 0 Å². The van der Waals surface area contributed by atoms with Gasteiger partial charge in [-0.25, -0.2) is 4.79 Å². The summed E-state index contributed by atoms with van der Waals surface area (Å²) >= 11 is 3.36. The van der Waals surface area contributed by atoms with E-state index in [1.807, 2.05) is 68.4 Å². The SMILES string of the molecule is CC(C)C[C@H](NC(=O)OCc1ccccc1)C(=O)N[C@H](Cc1ccc(Br)cc1)C(N)=O. The number of alkyl carbamates (subject to hydrolysis) is 1. The maximum atomic E-state index is 12.9. The molecule has 3 amide bonds. The summed E-state index contributed by atoms with van der Waals surface area (Å²) in [5.74, 6) is -0.999. The lowest BCUT2D eigenvalue weighted by Gasteiger charge is -2.23. The van der Waals surface area contributed by atoms with Crippen molar-refractivity contribution in [1.82, 2.24) is 10.6 Å². The van der Waals surface area contributed by atoms with Crippen molar-refractivity contribution in [2.75, 3.05) is 0 Å². The highest BCUT2D eigenvalue weighted by Gasteiger charge is 2.27. The average molecular weight is 490 g/mol. The lowest BCUT2D eigenvalue weighted by molar-refractivity contribution is -0.128. The van der Waals surface area contributed by atoms with Crippen molar-refractivity contribution in [2.45, 2.75) is 45.4 Å². The monoisotopic (exact) mass is 489 g/mol. The molecule has 0 heterocycles. The highest BCUT2D eigenvalue weighted by Crippen LogP contribution is 2.13. The van der Waals surface area contributed by atoms with Crippen LogP contribution in [-0.4, -0.2) is 30.0 Å². The smallest absolute Gasteiger partial charge is 0.408 e. The number of hydrogen-bond donors (Lipinski definition) is 3. The van der Waals surface area contributed by atoms with Crippen molar-refractivity contribution >= 4 is 33.8 Å². The fourth-order valence-electron chi connectivity index (χ4n) is 2.96. The van der Waals surface area contributed by atoms with Crippen LogP contribution in [-0.2, 0) is 27.4 Å². The maximum Gasteiger partial charge on any atom is 0.408 e. The van der Waals surface area contributed by atoms with Crippen molar-refractivity contribution in [3.8, 4) is 0 Å². The van der Waals surface area contributed by atoms with Gasteiger partial charge in [0.15, 0.2) is 0 Å². The van der Waals surface area contributed by atoms with Crippen LogP contribution in [0.1, 0.15) is 31.4 Å². The minimum Gasteiger partial charge on any atom is -0.445 e. The predicted octanol–water partition coefficient (Wildman–Crippen LogP) is 3.30. The Kier molecular flexibility index (Phi) is 9.52. The molecule has 7 nitrogen and oxygen atoms in total. The second-order valence-electron chi connectivity index (χ2n) is 7.68. The molecule has 0 saturated heterocycles. The number of rotatable bonds is 10. The number of amides is 3. The first kappa shape index (κ1) is 24.4. The standard InChI is InChI=1S/C23H28BrN3O4/c1-15(2)12-20(27-23(30)31-14-17-6-4-3-5-7-17)22(29)26-19(21(25)28)13-16-8-10-18(24)11-9-16/h3-11,15,19-20H,12-14H2,1-2H3,(H2,25,28)(H,26,29)(H,27,30)/t19-,20+/m1/s1. The third-order valence-electron chi connectivity index (χ3n) is 4.54. The van der Waals surface area contributed by atoms with Gasteiger partial charge >= 0.3 is 6.09 Å². The van der Waals surface area contributed by atoms with E-state index in [1.54, 1.807) is 0 Å². The van der Waals surface area contributed by atoms with Crippen LogP contribution in [0, 0.1) is 5.92 Å². The molecule has 166 valence electrons. The maximum absolute atomic E-state index is 12.9. The summed E-state index contributed by atoms with van der Waals surface area (Å²) in [6.07, 6.45) is -0.0646. The Bertz CT molecular complexity index is 872. The molecule has 2 aromatic carbocycles. The Morgan fingerprint density at radius 1 is 0.935 bits per heavy atom. The highest BCUT2D eigenvalue weighted by molar-refractivity contribution is 9.10. The number of primary amides is 1. The number of nitrogens with one attached hydrogen (secondary N) is 2. The van der Waals surface area contributed by atoms with Crippen LogP contribution in [0.3, 0.4) is 0 Å². The number of ether oxygens (including phenoxy) is 1. The quantitative estimate of drug-likeness (QED) is 0.475. The van der Waals surface area contributed by atoms with Gasteiger partial charge in [-0.1, -0.05) is 72.2 Å². The highest BCUT2D eigenvalue weighted by atomic mass is 79.9. The van der Waals surface area contributed by atoms with Crippen molar-refractivity contribution in [3.63, 3.8) is 0 Å². The molecule has 4 N–H and O–H groups in total. The van der Waals surface area contributed by atoms with Gasteiger partial charge in [0, 0.05) is 10.9 Å². The number of nitrogens with two attached hydrogens (primary N) is 1. The van der Waals surface area contributed by atoms with Crippen LogP contribution in [0.5, 0.6) is 0 Å². The Hall–Kier alpha value is -2.87. The molecule has 0 bridgehead atoms. The first-order chi connectivity index (χ1) is 14.7. The Morgan fingerprint density at radius 3 is 2.16 bits per heavy atom. The fraction of sp³-hybridized carbons (Fsp3) is 0.348. The molecule has 0 fully saturated rings. The van der Waals surface area contributed by atoms with Gasteiger partial charge in [0.2, 0.25) is 11.8 Å². The minimum atomic E-state index is -0.898. The first-order valence-corrected chi connectivity index (χ1v) is 10.8. The number of halogens is 1. The van der Waals surface area contributed by atoms with Crippen molar-refractivity contribution in [1.29, 1.82) is 0 Å². The van der Waals surface area contributed by atoms with E-state index in [9.17, 15) is 14.4 Å². The van der Waals surface area contributed by atoms with E-state index in [4.69, 9.17) is 10.5 Å². The van der Waals surface area contributed by atoms with Crippen LogP contribution in [0.25, 0.3) is 0 Å². The van der Waals surface area contributed by atoms with Gasteiger partial charge in [0.05, 0.1) is 0 Å². The molecule has 2 aromatic rings. The van der Waals surface area contributed by atoms with E-state index in [1.165, 1.54) is 0 Å². The Morgan fingerprint density at radius 2 is 1.58 bits per heavy atom. The van der Waals surface area contributed by atoms with Gasteiger partial charge in [-0.2, -0.15) is 0 Å². The van der Waals surface area contributed by atoms with Gasteiger partial charge in [-0.15, -0.1) is 0 Å². The summed E-state index contributed by atoms with van der Waals surface area (Å²) < 4.78 is 6.13. The summed E-state index contributed by atoms with van der Waals surface area (Å²) in [4.78, 5) is 37.0. The van der Waals surface area contributed by atoms with Crippen LogP contribution >= 0.6 is 15.9 Å². The zero-order chi connectivity index (χ0) is 22.8. The van der Waals surface area contributed by atoms with Crippen LogP contribution in [0.4, 0.5) is 4.79 Å². The van der Waals surface area contributed by atoms with E-state index in [0.717, 1.165) is 15.6 Å². The summed E-state index contributed by atoms with van der Waals surface area (Å²) in [7, 11) is 0. The number of carbonyl (C=O) groups is 3. The second kappa shape index (κ2) is 12.1. The molecule has 0 aliphatic carbocycles. The molecule has 0 aliphatic heterocycles. The van der Waals surface area contributed by atoms with Crippen LogP contribution < -0.4 is 16.4 Å². The zero-order valence-corrected chi connectivity index (χ0v) is 19.2. The third kappa shape index (κ3) is 8.80. The van der Waals surface area contributed by atoms with Gasteiger partial charge < -0.3 is 21.1 Å². The molecule has 0 radical (unpaired) electrons. The van der Waals surface area contributed by atoms with Crippen molar-refractivity contribution in [2.24, 2.45) is 11.7 Å². The minimum absolute atomic E-state index is 0.0934. The van der Waals surface area contributed by atoms with E-state index in [-0.39, 0.29) is 18.9 Å². The molecule has 8 heteroatoms. The topological polar surface area (TPSA) is 111 Å². The number of carbonyl (C=O) groups excluding carboxylic acids is 3. The molecule has 0 saturated carbocycles. The molecular weight excluding hydrogens is 462 g/mol. The second-order valence-corrected chi connectivity index (χ2v) is 8.60. The van der Waals surface area contributed by atoms with Gasteiger partial charge in [-0.05, 0) is 35.6 Å². The zero-order valence-electron chi connectivity index (χ0n) is 17.6. The number of hydrogen-bond acceptors (Lipinski definition) is 4. The first-order valence-electron chi connectivity index (χ1n) is 10.1. The molecule has 0 spiro atoms. The van der Waals surface area contributed by atoms with Crippen molar-refractivity contribution in [3.05, 3.63) is 70.2 Å². The molecule has 0 aromatic heterocycles. The predicted molar refractivity (Wildman–Crippen MR) is 122 cm³/mol. The molecule has 2 atom stereocenters. The Balaban J connectivity index is 1.99. The largest absolute Gasteiger partial charge is 0.445 e. The third-order valence-corrected chi connectivity index (χ3v) is 5.07. The molecule has 0 aliphatic rings. The van der Waals surface area contributed by atoms with E-state index >= 15 is 0 Å². The molecule has 2 rings (SSSR count). The van der Waals surface area contributed by atoms with Gasteiger partial charge in [0.1, 0.15) is 18.7 Å².